The number of aliphatic hydroxyl groups excluding tert-OH is 1. The number of amides is 1. The van der Waals surface area contributed by atoms with E-state index in [9.17, 15) is 4.79 Å². The average molecular weight is 215 g/mol. The first-order chi connectivity index (χ1) is 6.81. The van der Waals surface area contributed by atoms with Crippen LogP contribution >= 0.6 is 0 Å². The van der Waals surface area contributed by atoms with Gasteiger partial charge in [0, 0.05) is 6.42 Å². The SMILES string of the molecule is CCC(CO)NC(=O)CC(C)C(C)(C)C. The van der Waals surface area contributed by atoms with Gasteiger partial charge in [0.05, 0.1) is 12.6 Å². The van der Waals surface area contributed by atoms with Gasteiger partial charge in [0.25, 0.3) is 0 Å². The summed E-state index contributed by atoms with van der Waals surface area (Å²) >= 11 is 0. The Labute approximate surface area is 93.3 Å². The van der Waals surface area contributed by atoms with Gasteiger partial charge in [-0.2, -0.15) is 0 Å². The van der Waals surface area contributed by atoms with E-state index < -0.39 is 0 Å². The van der Waals surface area contributed by atoms with Gasteiger partial charge in [-0.15, -0.1) is 0 Å². The molecule has 0 heterocycles. The summed E-state index contributed by atoms with van der Waals surface area (Å²) < 4.78 is 0. The Hall–Kier alpha value is -0.570. The van der Waals surface area contributed by atoms with E-state index in [0.29, 0.717) is 12.3 Å². The third kappa shape index (κ3) is 5.78. The lowest BCUT2D eigenvalue weighted by molar-refractivity contribution is -0.123. The van der Waals surface area contributed by atoms with E-state index in [1.54, 1.807) is 0 Å². The monoisotopic (exact) mass is 215 g/mol. The highest BCUT2D eigenvalue weighted by atomic mass is 16.3. The Bertz CT molecular complexity index is 192. The second kappa shape index (κ2) is 6.11. The minimum atomic E-state index is -0.0929. The molecule has 2 atom stereocenters. The number of nitrogens with one attached hydrogen (secondary N) is 1. The van der Waals surface area contributed by atoms with Crippen LogP contribution in [0.5, 0.6) is 0 Å². The molecule has 0 spiro atoms. The number of aliphatic hydroxyl groups is 1. The van der Waals surface area contributed by atoms with Crippen molar-refractivity contribution < 1.29 is 9.90 Å². The third-order valence-corrected chi connectivity index (χ3v) is 3.05. The lowest BCUT2D eigenvalue weighted by atomic mass is 9.80. The predicted molar refractivity (Wildman–Crippen MR) is 62.5 cm³/mol. The van der Waals surface area contributed by atoms with E-state index in [1.807, 2.05) is 6.92 Å². The van der Waals surface area contributed by atoms with Gasteiger partial charge >= 0.3 is 0 Å². The molecule has 3 heteroatoms. The lowest BCUT2D eigenvalue weighted by Crippen LogP contribution is -2.38. The van der Waals surface area contributed by atoms with Crippen LogP contribution in [0.25, 0.3) is 0 Å². The van der Waals surface area contributed by atoms with Crippen LogP contribution in [0.2, 0.25) is 0 Å². The highest BCUT2D eigenvalue weighted by Crippen LogP contribution is 2.27. The van der Waals surface area contributed by atoms with Gasteiger partial charge in [-0.25, -0.2) is 0 Å². The first-order valence-corrected chi connectivity index (χ1v) is 5.71. The maximum atomic E-state index is 11.6. The zero-order chi connectivity index (χ0) is 12.1. The van der Waals surface area contributed by atoms with Crippen LogP contribution in [0.4, 0.5) is 0 Å². The molecular weight excluding hydrogens is 190 g/mol. The second-order valence-electron chi connectivity index (χ2n) is 5.33. The predicted octanol–water partition coefficient (Wildman–Crippen LogP) is 1.95. The molecule has 0 aromatic carbocycles. The smallest absolute Gasteiger partial charge is 0.220 e. The van der Waals surface area contributed by atoms with E-state index in [4.69, 9.17) is 5.11 Å². The molecule has 90 valence electrons. The summed E-state index contributed by atoms with van der Waals surface area (Å²) in [4.78, 5) is 11.6. The standard InChI is InChI=1S/C12H25NO2/c1-6-10(8-14)13-11(15)7-9(2)12(3,4)5/h9-10,14H,6-8H2,1-5H3,(H,13,15). The van der Waals surface area contributed by atoms with Crippen LogP contribution in [0.3, 0.4) is 0 Å². The Kier molecular flexibility index (Phi) is 5.88. The summed E-state index contributed by atoms with van der Waals surface area (Å²) in [6.07, 6.45) is 1.30. The zero-order valence-electron chi connectivity index (χ0n) is 10.6. The molecule has 2 unspecified atom stereocenters. The molecule has 2 N–H and O–H groups in total. The molecule has 0 saturated carbocycles. The molecule has 0 rings (SSSR count). The van der Waals surface area contributed by atoms with Crippen molar-refractivity contribution >= 4 is 5.91 Å². The number of carbonyl (C=O) groups excluding carboxylic acids is 1. The summed E-state index contributed by atoms with van der Waals surface area (Å²) in [6, 6.07) is -0.0929. The van der Waals surface area contributed by atoms with Crippen molar-refractivity contribution in [1.29, 1.82) is 0 Å². The number of rotatable bonds is 5. The quantitative estimate of drug-likeness (QED) is 0.736. The van der Waals surface area contributed by atoms with Gasteiger partial charge in [-0.1, -0.05) is 34.6 Å². The van der Waals surface area contributed by atoms with Crippen LogP contribution < -0.4 is 5.32 Å². The van der Waals surface area contributed by atoms with E-state index >= 15 is 0 Å². The third-order valence-electron chi connectivity index (χ3n) is 3.05. The second-order valence-corrected chi connectivity index (χ2v) is 5.33. The van der Waals surface area contributed by atoms with Gasteiger partial charge in [-0.05, 0) is 17.8 Å². The maximum absolute atomic E-state index is 11.6. The van der Waals surface area contributed by atoms with E-state index in [-0.39, 0.29) is 24.0 Å². The highest BCUT2D eigenvalue weighted by molar-refractivity contribution is 5.76. The van der Waals surface area contributed by atoms with Crippen LogP contribution in [0, 0.1) is 11.3 Å². The summed E-state index contributed by atoms with van der Waals surface area (Å²) in [7, 11) is 0. The summed E-state index contributed by atoms with van der Waals surface area (Å²) in [5, 5.41) is 11.8. The topological polar surface area (TPSA) is 49.3 Å². The molecule has 1 amide bonds. The van der Waals surface area contributed by atoms with Gasteiger partial charge in [0.2, 0.25) is 5.91 Å². The highest BCUT2D eigenvalue weighted by Gasteiger charge is 2.23. The van der Waals surface area contributed by atoms with Crippen molar-refractivity contribution in [2.45, 2.75) is 53.5 Å². The average Bonchev–Trinajstić information content (AvgIpc) is 2.12. The Morgan fingerprint density at radius 3 is 2.27 bits per heavy atom. The van der Waals surface area contributed by atoms with Crippen LogP contribution in [-0.2, 0) is 4.79 Å². The normalized spacial score (nSPS) is 15.9. The zero-order valence-corrected chi connectivity index (χ0v) is 10.6. The molecule has 0 aliphatic carbocycles. The van der Waals surface area contributed by atoms with E-state index in [1.165, 1.54) is 0 Å². The van der Waals surface area contributed by atoms with Gasteiger partial charge in [-0.3, -0.25) is 4.79 Å². The minimum absolute atomic E-state index is 0.0200. The number of carbonyl (C=O) groups is 1. The molecule has 0 fully saturated rings. The van der Waals surface area contributed by atoms with Crippen molar-refractivity contribution in [2.24, 2.45) is 11.3 Å². The van der Waals surface area contributed by atoms with E-state index in [0.717, 1.165) is 6.42 Å². The van der Waals surface area contributed by atoms with Crippen LogP contribution in [0.1, 0.15) is 47.5 Å². The van der Waals surface area contributed by atoms with Crippen molar-refractivity contribution in [3.63, 3.8) is 0 Å². The van der Waals surface area contributed by atoms with Gasteiger partial charge < -0.3 is 10.4 Å². The number of hydrogen-bond acceptors (Lipinski definition) is 2. The van der Waals surface area contributed by atoms with Crippen LogP contribution in [0.15, 0.2) is 0 Å². The molecule has 0 aliphatic heterocycles. The van der Waals surface area contributed by atoms with Crippen molar-refractivity contribution in [3.05, 3.63) is 0 Å². The van der Waals surface area contributed by atoms with Crippen molar-refractivity contribution in [2.75, 3.05) is 6.61 Å². The summed E-state index contributed by atoms with van der Waals surface area (Å²) in [5.74, 6) is 0.382. The summed E-state index contributed by atoms with van der Waals surface area (Å²) in [6.45, 7) is 10.5. The lowest BCUT2D eigenvalue weighted by Gasteiger charge is -2.27. The molecule has 0 aromatic rings. The molecule has 0 bridgehead atoms. The van der Waals surface area contributed by atoms with Crippen molar-refractivity contribution in [1.82, 2.24) is 5.32 Å². The molecule has 0 radical (unpaired) electrons. The fourth-order valence-electron chi connectivity index (χ4n) is 1.15. The molecular formula is C12H25NO2. The molecule has 0 aliphatic rings. The molecule has 15 heavy (non-hydrogen) atoms. The Balaban J connectivity index is 4.04. The molecule has 3 nitrogen and oxygen atoms in total. The number of hydrogen-bond donors (Lipinski definition) is 2. The van der Waals surface area contributed by atoms with Crippen molar-refractivity contribution in [3.8, 4) is 0 Å². The fourth-order valence-corrected chi connectivity index (χ4v) is 1.15. The minimum Gasteiger partial charge on any atom is -0.394 e. The first-order valence-electron chi connectivity index (χ1n) is 5.71. The van der Waals surface area contributed by atoms with Gasteiger partial charge in [0.1, 0.15) is 0 Å². The summed E-state index contributed by atoms with van der Waals surface area (Å²) in [5.41, 5.74) is 0.151. The Morgan fingerprint density at radius 2 is 1.93 bits per heavy atom. The fraction of sp³-hybridized carbons (Fsp3) is 0.917. The maximum Gasteiger partial charge on any atom is 0.220 e. The molecule has 0 saturated heterocycles. The molecule has 0 aromatic heterocycles. The van der Waals surface area contributed by atoms with Crippen LogP contribution in [-0.4, -0.2) is 23.7 Å². The largest absolute Gasteiger partial charge is 0.394 e. The van der Waals surface area contributed by atoms with Gasteiger partial charge in [0.15, 0.2) is 0 Å². The Morgan fingerprint density at radius 1 is 1.40 bits per heavy atom. The van der Waals surface area contributed by atoms with E-state index in [2.05, 4.69) is 33.0 Å². The first kappa shape index (κ1) is 14.4.